The van der Waals surface area contributed by atoms with Crippen LogP contribution < -0.4 is 5.32 Å². The molecule has 2 aromatic heterocycles. The predicted molar refractivity (Wildman–Crippen MR) is 78.1 cm³/mol. The minimum atomic E-state index is -3.56. The molecular weight excluding hydrogens is 292 g/mol. The lowest BCUT2D eigenvalue weighted by Crippen LogP contribution is -2.30. The molecule has 0 aliphatic heterocycles. The molecule has 0 spiro atoms. The van der Waals surface area contributed by atoms with Crippen LogP contribution >= 0.6 is 0 Å². The van der Waals surface area contributed by atoms with Gasteiger partial charge < -0.3 is 9.73 Å². The summed E-state index contributed by atoms with van der Waals surface area (Å²) >= 11 is 0. The second-order valence-corrected chi connectivity index (χ2v) is 6.49. The molecule has 0 fully saturated rings. The first-order valence-corrected chi connectivity index (χ1v) is 8.21. The van der Waals surface area contributed by atoms with Crippen molar-refractivity contribution in [2.45, 2.75) is 24.9 Å². The van der Waals surface area contributed by atoms with Crippen molar-refractivity contribution in [2.75, 3.05) is 20.1 Å². The van der Waals surface area contributed by atoms with Gasteiger partial charge in [-0.25, -0.2) is 8.42 Å². The SMILES string of the molecule is CCN(Cc1ccco1)S(=O)(=O)c1cnn(CCNC)c1. The van der Waals surface area contributed by atoms with E-state index in [-0.39, 0.29) is 11.4 Å². The van der Waals surface area contributed by atoms with Gasteiger partial charge in [-0.2, -0.15) is 9.40 Å². The molecule has 0 amide bonds. The fraction of sp³-hybridized carbons (Fsp3) is 0.462. The van der Waals surface area contributed by atoms with Crippen molar-refractivity contribution < 1.29 is 12.8 Å². The maximum absolute atomic E-state index is 12.6. The van der Waals surface area contributed by atoms with Crippen LogP contribution in [0.3, 0.4) is 0 Å². The van der Waals surface area contributed by atoms with Crippen molar-refractivity contribution in [1.29, 1.82) is 0 Å². The van der Waals surface area contributed by atoms with E-state index in [1.807, 2.05) is 7.05 Å². The summed E-state index contributed by atoms with van der Waals surface area (Å²) in [5, 5.41) is 7.08. The summed E-state index contributed by atoms with van der Waals surface area (Å²) in [4.78, 5) is 0.201. The molecule has 0 saturated carbocycles. The number of aromatic nitrogens is 2. The van der Waals surface area contributed by atoms with Gasteiger partial charge in [0, 0.05) is 19.3 Å². The molecule has 0 unspecified atom stereocenters. The smallest absolute Gasteiger partial charge is 0.246 e. The molecule has 21 heavy (non-hydrogen) atoms. The summed E-state index contributed by atoms with van der Waals surface area (Å²) in [5.74, 6) is 0.614. The average Bonchev–Trinajstić information content (AvgIpc) is 3.13. The number of hydrogen-bond donors (Lipinski definition) is 1. The van der Waals surface area contributed by atoms with E-state index in [9.17, 15) is 8.42 Å². The Kier molecular flexibility index (Phi) is 5.16. The van der Waals surface area contributed by atoms with Crippen LogP contribution in [-0.2, 0) is 23.1 Å². The van der Waals surface area contributed by atoms with Crippen molar-refractivity contribution in [3.8, 4) is 0 Å². The number of rotatable bonds is 8. The number of sulfonamides is 1. The Morgan fingerprint density at radius 1 is 1.48 bits per heavy atom. The lowest BCUT2D eigenvalue weighted by Gasteiger charge is -2.18. The van der Waals surface area contributed by atoms with Crippen molar-refractivity contribution in [2.24, 2.45) is 0 Å². The zero-order chi connectivity index (χ0) is 15.3. The zero-order valence-electron chi connectivity index (χ0n) is 12.2. The Labute approximate surface area is 124 Å². The largest absolute Gasteiger partial charge is 0.468 e. The molecule has 0 aliphatic carbocycles. The topological polar surface area (TPSA) is 80.4 Å². The third kappa shape index (κ3) is 3.72. The first kappa shape index (κ1) is 15.7. The molecule has 2 rings (SSSR count). The van der Waals surface area contributed by atoms with Crippen LogP contribution in [0, 0.1) is 0 Å². The molecule has 2 heterocycles. The molecule has 1 N–H and O–H groups in total. The highest BCUT2D eigenvalue weighted by Crippen LogP contribution is 2.17. The average molecular weight is 312 g/mol. The highest BCUT2D eigenvalue weighted by molar-refractivity contribution is 7.89. The molecular formula is C13H20N4O3S. The molecule has 8 heteroatoms. The Bertz CT molecular complexity index is 649. The molecule has 0 aliphatic rings. The van der Waals surface area contributed by atoms with Gasteiger partial charge in [-0.05, 0) is 19.2 Å². The van der Waals surface area contributed by atoms with Gasteiger partial charge >= 0.3 is 0 Å². The minimum absolute atomic E-state index is 0.201. The Hall–Kier alpha value is -1.64. The Balaban J connectivity index is 2.16. The molecule has 0 bridgehead atoms. The number of furan rings is 1. The van der Waals surface area contributed by atoms with Crippen molar-refractivity contribution in [3.63, 3.8) is 0 Å². The van der Waals surface area contributed by atoms with Gasteiger partial charge in [-0.3, -0.25) is 4.68 Å². The van der Waals surface area contributed by atoms with E-state index in [1.54, 1.807) is 29.9 Å². The molecule has 0 atom stereocenters. The van der Waals surface area contributed by atoms with Crippen LogP contribution in [0.4, 0.5) is 0 Å². The monoisotopic (exact) mass is 312 g/mol. The molecule has 7 nitrogen and oxygen atoms in total. The van der Waals surface area contributed by atoms with Gasteiger partial charge in [0.25, 0.3) is 0 Å². The summed E-state index contributed by atoms with van der Waals surface area (Å²) < 4.78 is 33.4. The third-order valence-corrected chi connectivity index (χ3v) is 4.98. The van der Waals surface area contributed by atoms with Crippen LogP contribution in [0.5, 0.6) is 0 Å². The van der Waals surface area contributed by atoms with E-state index < -0.39 is 10.0 Å². The van der Waals surface area contributed by atoms with Crippen molar-refractivity contribution in [3.05, 3.63) is 36.5 Å². The van der Waals surface area contributed by atoms with Gasteiger partial charge in [0.2, 0.25) is 10.0 Å². The van der Waals surface area contributed by atoms with Crippen LogP contribution in [-0.4, -0.2) is 42.6 Å². The van der Waals surface area contributed by atoms with E-state index in [1.165, 1.54) is 16.8 Å². The number of likely N-dealkylation sites (N-methyl/N-ethyl adjacent to an activating group) is 1. The maximum Gasteiger partial charge on any atom is 0.246 e. The van der Waals surface area contributed by atoms with E-state index in [4.69, 9.17) is 4.42 Å². The lowest BCUT2D eigenvalue weighted by atomic mass is 10.4. The Morgan fingerprint density at radius 2 is 2.29 bits per heavy atom. The summed E-state index contributed by atoms with van der Waals surface area (Å²) in [5.41, 5.74) is 0. The van der Waals surface area contributed by atoms with E-state index in [0.717, 1.165) is 6.54 Å². The van der Waals surface area contributed by atoms with Crippen molar-refractivity contribution in [1.82, 2.24) is 19.4 Å². The zero-order valence-corrected chi connectivity index (χ0v) is 13.0. The predicted octanol–water partition coefficient (Wildman–Crippen LogP) is 0.906. The molecule has 116 valence electrons. The van der Waals surface area contributed by atoms with Gasteiger partial charge in [-0.15, -0.1) is 0 Å². The van der Waals surface area contributed by atoms with Crippen molar-refractivity contribution >= 4 is 10.0 Å². The van der Waals surface area contributed by atoms with Gasteiger partial charge in [0.1, 0.15) is 10.7 Å². The number of nitrogens with one attached hydrogen (secondary N) is 1. The quantitative estimate of drug-likeness (QED) is 0.783. The van der Waals surface area contributed by atoms with E-state index in [2.05, 4.69) is 10.4 Å². The van der Waals surface area contributed by atoms with Gasteiger partial charge in [-0.1, -0.05) is 6.92 Å². The molecule has 2 aromatic rings. The minimum Gasteiger partial charge on any atom is -0.468 e. The summed E-state index contributed by atoms with van der Waals surface area (Å²) in [6, 6.07) is 3.50. The molecule has 0 radical (unpaired) electrons. The molecule has 0 saturated heterocycles. The van der Waals surface area contributed by atoms with E-state index in [0.29, 0.717) is 18.8 Å². The first-order chi connectivity index (χ1) is 10.1. The van der Waals surface area contributed by atoms with Crippen LogP contribution in [0.25, 0.3) is 0 Å². The van der Waals surface area contributed by atoms with Gasteiger partial charge in [0.15, 0.2) is 0 Å². The normalized spacial score (nSPS) is 12.1. The van der Waals surface area contributed by atoms with Crippen LogP contribution in [0.1, 0.15) is 12.7 Å². The second kappa shape index (κ2) is 6.88. The number of nitrogens with zero attached hydrogens (tertiary/aromatic N) is 3. The molecule has 0 aromatic carbocycles. The van der Waals surface area contributed by atoms with Gasteiger partial charge in [0.05, 0.1) is 25.5 Å². The summed E-state index contributed by atoms with van der Waals surface area (Å²) in [6.45, 7) is 3.73. The van der Waals surface area contributed by atoms with E-state index >= 15 is 0 Å². The van der Waals surface area contributed by atoms with Crippen LogP contribution in [0.15, 0.2) is 40.1 Å². The standard InChI is InChI=1S/C13H20N4O3S/c1-3-17(10-12-5-4-8-20-12)21(18,19)13-9-15-16(11-13)7-6-14-2/h4-5,8-9,11,14H,3,6-7,10H2,1-2H3. The highest BCUT2D eigenvalue weighted by Gasteiger charge is 2.25. The highest BCUT2D eigenvalue weighted by atomic mass is 32.2. The first-order valence-electron chi connectivity index (χ1n) is 6.77. The fourth-order valence-corrected chi connectivity index (χ4v) is 3.29. The van der Waals surface area contributed by atoms with Crippen LogP contribution in [0.2, 0.25) is 0 Å². The fourth-order valence-electron chi connectivity index (χ4n) is 1.92. The third-order valence-electron chi connectivity index (χ3n) is 3.10. The Morgan fingerprint density at radius 3 is 2.90 bits per heavy atom. The maximum atomic E-state index is 12.6. The summed E-state index contributed by atoms with van der Waals surface area (Å²) in [6.07, 6.45) is 4.47. The lowest BCUT2D eigenvalue weighted by molar-refractivity contribution is 0.375. The summed E-state index contributed by atoms with van der Waals surface area (Å²) in [7, 11) is -1.73. The second-order valence-electron chi connectivity index (χ2n) is 4.55. The number of hydrogen-bond acceptors (Lipinski definition) is 5.